The van der Waals surface area contributed by atoms with E-state index < -0.39 is 5.56 Å². The first-order valence-corrected chi connectivity index (χ1v) is 5.24. The average molecular weight is 235 g/mol. The molecule has 0 aromatic carbocycles. The van der Waals surface area contributed by atoms with Gasteiger partial charge in [-0.2, -0.15) is 5.10 Å². The Kier molecular flexibility index (Phi) is 3.08. The van der Waals surface area contributed by atoms with Gasteiger partial charge in [0.25, 0.3) is 5.56 Å². The Hall–Kier alpha value is -2.31. The Bertz CT molecular complexity index is 560. The van der Waals surface area contributed by atoms with Crippen LogP contribution >= 0.6 is 0 Å². The van der Waals surface area contributed by atoms with Gasteiger partial charge in [-0.3, -0.25) is 9.48 Å². The fourth-order valence-corrected chi connectivity index (χ4v) is 1.34. The molecular weight excluding hydrogens is 222 g/mol. The number of nitrogens with one attached hydrogen (secondary N) is 1. The molecule has 0 spiro atoms. The summed E-state index contributed by atoms with van der Waals surface area (Å²) in [5.74, 6) is 0.591. The van der Waals surface area contributed by atoms with Crippen LogP contribution in [0.25, 0.3) is 0 Å². The van der Waals surface area contributed by atoms with Crippen LogP contribution in [0.5, 0.6) is 11.6 Å². The lowest BCUT2D eigenvalue weighted by Gasteiger charge is -2.02. The van der Waals surface area contributed by atoms with Gasteiger partial charge in [-0.15, -0.1) is 0 Å². The number of aromatic amines is 1. The lowest BCUT2D eigenvalue weighted by molar-refractivity contribution is 0.462. The fraction of sp³-hybridized carbons (Fsp3) is 0.300. The van der Waals surface area contributed by atoms with E-state index in [-0.39, 0.29) is 11.6 Å². The number of nitrogens with zero attached hydrogens (tertiary/aromatic N) is 3. The topological polar surface area (TPSA) is 98.8 Å². The molecule has 2 aromatic rings. The Balaban J connectivity index is 2.19. The standard InChI is InChI=1S/C10H13N5O2/c1-2-3-15-5-7(4-14-15)17-10-8(11)9(16)12-6-13-10/h4-6H,2-3,11H2,1H3,(H,12,13,16). The van der Waals surface area contributed by atoms with Crippen LogP contribution in [-0.2, 0) is 6.54 Å². The second kappa shape index (κ2) is 4.69. The molecule has 0 radical (unpaired) electrons. The molecule has 0 saturated carbocycles. The number of hydrogen-bond acceptors (Lipinski definition) is 5. The minimum absolute atomic E-state index is 0.0456. The zero-order valence-corrected chi connectivity index (χ0v) is 9.38. The van der Waals surface area contributed by atoms with Crippen LogP contribution in [0.4, 0.5) is 5.69 Å². The van der Waals surface area contributed by atoms with Gasteiger partial charge in [0.15, 0.2) is 11.4 Å². The van der Waals surface area contributed by atoms with Crippen molar-refractivity contribution in [2.75, 3.05) is 5.73 Å². The first-order chi connectivity index (χ1) is 8.20. The molecule has 0 amide bonds. The first-order valence-electron chi connectivity index (χ1n) is 5.24. The SMILES string of the molecule is CCCn1cc(Oc2nc[nH]c(=O)c2N)cn1. The van der Waals surface area contributed by atoms with Crippen molar-refractivity contribution in [2.24, 2.45) is 0 Å². The maximum Gasteiger partial charge on any atom is 0.277 e. The van der Waals surface area contributed by atoms with E-state index in [4.69, 9.17) is 10.5 Å². The fourth-order valence-electron chi connectivity index (χ4n) is 1.34. The van der Waals surface area contributed by atoms with Crippen molar-refractivity contribution in [3.63, 3.8) is 0 Å². The van der Waals surface area contributed by atoms with Crippen LogP contribution in [0.15, 0.2) is 23.5 Å². The highest BCUT2D eigenvalue weighted by Crippen LogP contribution is 2.20. The van der Waals surface area contributed by atoms with Crippen LogP contribution in [0, 0.1) is 0 Å². The summed E-state index contributed by atoms with van der Waals surface area (Å²) in [5, 5.41) is 4.09. The van der Waals surface area contributed by atoms with Gasteiger partial charge in [-0.1, -0.05) is 6.92 Å². The van der Waals surface area contributed by atoms with Crippen molar-refractivity contribution in [3.8, 4) is 11.6 Å². The summed E-state index contributed by atoms with van der Waals surface area (Å²) >= 11 is 0. The number of aromatic nitrogens is 4. The number of aryl methyl sites for hydroxylation is 1. The Morgan fingerprint density at radius 3 is 3.18 bits per heavy atom. The molecule has 0 saturated heterocycles. The lowest BCUT2D eigenvalue weighted by atomic mass is 10.5. The van der Waals surface area contributed by atoms with Crippen molar-refractivity contribution >= 4 is 5.69 Å². The summed E-state index contributed by atoms with van der Waals surface area (Å²) in [6, 6.07) is 0. The number of rotatable bonds is 4. The van der Waals surface area contributed by atoms with Gasteiger partial charge in [-0.25, -0.2) is 4.98 Å². The molecule has 0 aliphatic heterocycles. The highest BCUT2D eigenvalue weighted by molar-refractivity contribution is 5.46. The third-order valence-corrected chi connectivity index (χ3v) is 2.13. The van der Waals surface area contributed by atoms with E-state index in [2.05, 4.69) is 22.0 Å². The third-order valence-electron chi connectivity index (χ3n) is 2.13. The zero-order valence-electron chi connectivity index (χ0n) is 9.38. The molecule has 0 atom stereocenters. The van der Waals surface area contributed by atoms with Crippen molar-refractivity contribution in [1.29, 1.82) is 0 Å². The maximum atomic E-state index is 11.2. The van der Waals surface area contributed by atoms with Gasteiger partial charge < -0.3 is 15.5 Å². The number of nitrogen functional groups attached to an aromatic ring is 1. The molecule has 17 heavy (non-hydrogen) atoms. The Morgan fingerprint density at radius 2 is 2.41 bits per heavy atom. The molecule has 0 bridgehead atoms. The largest absolute Gasteiger partial charge is 0.434 e. The molecule has 2 rings (SSSR count). The summed E-state index contributed by atoms with van der Waals surface area (Å²) in [4.78, 5) is 17.4. The van der Waals surface area contributed by atoms with Gasteiger partial charge in [-0.05, 0) is 6.42 Å². The van der Waals surface area contributed by atoms with Gasteiger partial charge in [0, 0.05) is 6.54 Å². The van der Waals surface area contributed by atoms with Crippen molar-refractivity contribution < 1.29 is 4.74 Å². The van der Waals surface area contributed by atoms with Gasteiger partial charge in [0.1, 0.15) is 0 Å². The van der Waals surface area contributed by atoms with E-state index in [0.717, 1.165) is 13.0 Å². The van der Waals surface area contributed by atoms with Crippen LogP contribution in [0.3, 0.4) is 0 Å². The molecule has 0 aliphatic rings. The van der Waals surface area contributed by atoms with Crippen molar-refractivity contribution in [2.45, 2.75) is 19.9 Å². The summed E-state index contributed by atoms with van der Waals surface area (Å²) in [6.45, 7) is 2.86. The second-order valence-corrected chi connectivity index (χ2v) is 3.49. The van der Waals surface area contributed by atoms with Gasteiger partial charge in [0.2, 0.25) is 5.88 Å². The first kappa shape index (κ1) is 11.2. The molecule has 0 aliphatic carbocycles. The van der Waals surface area contributed by atoms with Crippen LogP contribution < -0.4 is 16.0 Å². The number of H-pyrrole nitrogens is 1. The van der Waals surface area contributed by atoms with Crippen LogP contribution in [0.1, 0.15) is 13.3 Å². The number of hydrogen-bond donors (Lipinski definition) is 2. The van der Waals surface area contributed by atoms with E-state index in [1.807, 2.05) is 0 Å². The molecule has 7 heteroatoms. The summed E-state index contributed by atoms with van der Waals surface area (Å²) < 4.78 is 7.13. The summed E-state index contributed by atoms with van der Waals surface area (Å²) in [5.41, 5.74) is 5.07. The van der Waals surface area contributed by atoms with Crippen molar-refractivity contribution in [3.05, 3.63) is 29.1 Å². The quantitative estimate of drug-likeness (QED) is 0.814. The minimum atomic E-state index is -0.420. The predicted octanol–water partition coefficient (Wildman–Crippen LogP) is 0.751. The molecular formula is C10H13N5O2. The average Bonchev–Trinajstić information content (AvgIpc) is 2.73. The predicted molar refractivity (Wildman–Crippen MR) is 61.9 cm³/mol. The maximum absolute atomic E-state index is 11.2. The molecule has 0 unspecified atom stereocenters. The summed E-state index contributed by atoms with van der Waals surface area (Å²) in [7, 11) is 0. The van der Waals surface area contributed by atoms with Gasteiger partial charge >= 0.3 is 0 Å². The van der Waals surface area contributed by atoms with E-state index >= 15 is 0 Å². The number of anilines is 1. The number of nitrogens with two attached hydrogens (primary N) is 1. The molecule has 2 aromatic heterocycles. The minimum Gasteiger partial charge on any atom is -0.434 e. The lowest BCUT2D eigenvalue weighted by Crippen LogP contribution is -2.13. The smallest absolute Gasteiger partial charge is 0.277 e. The van der Waals surface area contributed by atoms with E-state index in [1.165, 1.54) is 6.33 Å². The Labute approximate surface area is 97.2 Å². The Morgan fingerprint density at radius 1 is 1.59 bits per heavy atom. The second-order valence-electron chi connectivity index (χ2n) is 3.49. The van der Waals surface area contributed by atoms with Crippen LogP contribution in [-0.4, -0.2) is 19.7 Å². The normalized spacial score (nSPS) is 10.4. The van der Waals surface area contributed by atoms with Gasteiger partial charge in [0.05, 0.1) is 18.7 Å². The van der Waals surface area contributed by atoms with E-state index in [0.29, 0.717) is 5.75 Å². The zero-order chi connectivity index (χ0) is 12.3. The highest BCUT2D eigenvalue weighted by atomic mass is 16.5. The van der Waals surface area contributed by atoms with E-state index in [9.17, 15) is 4.79 Å². The molecule has 0 fully saturated rings. The third kappa shape index (κ3) is 2.44. The number of ether oxygens (including phenoxy) is 1. The van der Waals surface area contributed by atoms with Crippen LogP contribution in [0.2, 0.25) is 0 Å². The molecule has 2 heterocycles. The molecule has 3 N–H and O–H groups in total. The molecule has 7 nitrogen and oxygen atoms in total. The molecule has 90 valence electrons. The van der Waals surface area contributed by atoms with Crippen molar-refractivity contribution in [1.82, 2.24) is 19.7 Å². The highest BCUT2D eigenvalue weighted by Gasteiger charge is 2.08. The van der Waals surface area contributed by atoms with E-state index in [1.54, 1.807) is 17.1 Å². The summed E-state index contributed by atoms with van der Waals surface area (Å²) in [6.07, 6.45) is 5.50. The monoisotopic (exact) mass is 235 g/mol.